The van der Waals surface area contributed by atoms with Crippen LogP contribution in [0.25, 0.3) is 0 Å². The van der Waals surface area contributed by atoms with E-state index in [1.807, 2.05) is 0 Å². The van der Waals surface area contributed by atoms with E-state index in [2.05, 4.69) is 6.58 Å². The summed E-state index contributed by atoms with van der Waals surface area (Å²) in [5.74, 6) is 0. The molecule has 0 saturated heterocycles. The Morgan fingerprint density at radius 2 is 2.12 bits per heavy atom. The Morgan fingerprint density at radius 3 is 2.12 bits per heavy atom. The van der Waals surface area contributed by atoms with Crippen molar-refractivity contribution in [3.8, 4) is 0 Å². The summed E-state index contributed by atoms with van der Waals surface area (Å²) in [4.78, 5) is 0.278. The molecule has 8 heavy (non-hydrogen) atoms. The van der Waals surface area contributed by atoms with E-state index in [0.29, 0.717) is 0 Å². The van der Waals surface area contributed by atoms with E-state index in [1.165, 1.54) is 12.2 Å². The van der Waals surface area contributed by atoms with Gasteiger partial charge >= 0.3 is 0 Å². The second-order valence-electron chi connectivity index (χ2n) is 1.17. The highest BCUT2D eigenvalue weighted by atomic mass is 32.2. The lowest BCUT2D eigenvalue weighted by atomic mass is 10.5. The predicted molar refractivity (Wildman–Crippen MR) is 34.3 cm³/mol. The summed E-state index contributed by atoms with van der Waals surface area (Å²) >= 11 is 0. The highest BCUT2D eigenvalue weighted by Crippen LogP contribution is 1.92. The van der Waals surface area contributed by atoms with Crippen LogP contribution in [0.4, 0.5) is 0 Å². The van der Waals surface area contributed by atoms with Gasteiger partial charge in [0.2, 0.25) is 0 Å². The van der Waals surface area contributed by atoms with E-state index in [1.54, 1.807) is 6.92 Å². The lowest BCUT2D eigenvalue weighted by molar-refractivity contribution is 0.620. The summed E-state index contributed by atoms with van der Waals surface area (Å²) in [5.41, 5.74) is 0. The predicted octanol–water partition coefficient (Wildman–Crippen LogP) is 0.688. The molecule has 0 rings (SSSR count). The van der Waals surface area contributed by atoms with Gasteiger partial charge in [-0.2, -0.15) is 0 Å². The fourth-order valence-electron chi connectivity index (χ4n) is 0.298. The van der Waals surface area contributed by atoms with Crippen molar-refractivity contribution in [3.05, 3.63) is 23.6 Å². The molecule has 0 aliphatic carbocycles. The van der Waals surface area contributed by atoms with E-state index in [0.717, 1.165) is 0 Å². The zero-order chi connectivity index (χ0) is 6.57. The van der Waals surface area contributed by atoms with Crippen molar-refractivity contribution in [3.63, 3.8) is 0 Å². The van der Waals surface area contributed by atoms with Crippen LogP contribution >= 0.6 is 0 Å². The first-order valence-electron chi connectivity index (χ1n) is 2.15. The maximum absolute atomic E-state index is 10.1. The van der Waals surface area contributed by atoms with Crippen molar-refractivity contribution in [2.75, 3.05) is 0 Å². The number of rotatable bonds is 2. The third-order valence-electron chi connectivity index (χ3n) is 0.716. The zero-order valence-corrected chi connectivity index (χ0v) is 5.52. The molecule has 0 aromatic heterocycles. The molecule has 0 saturated carbocycles. The first-order chi connectivity index (χ1) is 3.72. The molecule has 2 nitrogen and oxygen atoms in total. The Bertz CT molecular complexity index is 169. The van der Waals surface area contributed by atoms with Gasteiger partial charge in [0.1, 0.15) is 0 Å². The molecule has 0 aromatic rings. The van der Waals surface area contributed by atoms with E-state index in [-0.39, 0.29) is 4.91 Å². The topological polar surface area (TPSA) is 34.1 Å². The van der Waals surface area contributed by atoms with Crippen molar-refractivity contribution in [2.24, 2.45) is 0 Å². The number of hydrogen-bond acceptors (Lipinski definition) is 2. The number of hydrogen-bond donors (Lipinski definition) is 1. The molecule has 0 heterocycles. The zero-order valence-electron chi connectivity index (χ0n) is 4.63. The monoisotopic (exact) mass is 132 g/mol. The Labute approximate surface area is 50.5 Å². The summed E-state index contributed by atoms with van der Waals surface area (Å²) in [7, 11) is -2.42. The first kappa shape index (κ1) is 7.43. The molecule has 0 atom stereocenters. The van der Waals surface area contributed by atoms with Gasteiger partial charge in [-0.15, -0.1) is 0 Å². The van der Waals surface area contributed by atoms with E-state index < -0.39 is 10.7 Å². The Morgan fingerprint density at radius 1 is 1.62 bits per heavy atom. The quantitative estimate of drug-likeness (QED) is 0.443. The van der Waals surface area contributed by atoms with Gasteiger partial charge in [0.15, 0.2) is 10.7 Å². The fourth-order valence-corrected chi connectivity index (χ4v) is 0.658. The third kappa shape index (κ3) is 1.93. The van der Waals surface area contributed by atoms with Crippen LogP contribution in [0.2, 0.25) is 0 Å². The molecule has 0 unspecified atom stereocenters. The summed E-state index contributed by atoms with van der Waals surface area (Å²) in [5, 5.41) is 0. The van der Waals surface area contributed by atoms with Crippen LogP contribution in [-0.2, 0) is 10.7 Å². The Balaban J connectivity index is 4.37. The van der Waals surface area contributed by atoms with Crippen LogP contribution in [0.5, 0.6) is 0 Å². The van der Waals surface area contributed by atoms with Crippen LogP contribution in [0.1, 0.15) is 6.92 Å². The summed E-state index contributed by atoms with van der Waals surface area (Å²) < 4.78 is 20.1. The molecule has 0 radical (unpaired) electrons. The molecule has 0 N–H and O–H groups in total. The van der Waals surface area contributed by atoms with Crippen molar-refractivity contribution >= 4 is 10.7 Å². The standard InChI is InChI=1S/C5H8O2S/c1-3-5(4-2)8(6)7/h3-4,8H,1H2,2H3/b5-4+. The average molecular weight is 132 g/mol. The van der Waals surface area contributed by atoms with Crippen molar-refractivity contribution in [1.82, 2.24) is 0 Å². The van der Waals surface area contributed by atoms with Gasteiger partial charge in [-0.3, -0.25) is 0 Å². The molecular formula is C5H8O2S. The summed E-state index contributed by atoms with van der Waals surface area (Å²) in [6.07, 6.45) is 2.81. The van der Waals surface area contributed by atoms with Gasteiger partial charge in [0, 0.05) is 0 Å². The number of allylic oxidation sites excluding steroid dienone is 2. The van der Waals surface area contributed by atoms with E-state index in [9.17, 15) is 8.42 Å². The molecule has 0 bridgehead atoms. The molecule has 0 spiro atoms. The third-order valence-corrected chi connectivity index (χ3v) is 1.58. The van der Waals surface area contributed by atoms with E-state index >= 15 is 0 Å². The van der Waals surface area contributed by atoms with Crippen LogP contribution in [0, 0.1) is 0 Å². The molecule has 3 heteroatoms. The lowest BCUT2D eigenvalue weighted by Crippen LogP contribution is -1.76. The van der Waals surface area contributed by atoms with Crippen LogP contribution in [0.15, 0.2) is 23.6 Å². The SMILES string of the molecule is C=C/C(=C\C)[SH](=O)=O. The van der Waals surface area contributed by atoms with Gasteiger partial charge in [-0.05, 0) is 6.92 Å². The normalized spacial score (nSPS) is 12.0. The van der Waals surface area contributed by atoms with Gasteiger partial charge in [-0.1, -0.05) is 18.7 Å². The van der Waals surface area contributed by atoms with Crippen LogP contribution < -0.4 is 0 Å². The van der Waals surface area contributed by atoms with Crippen LogP contribution in [-0.4, -0.2) is 8.42 Å². The molecular weight excluding hydrogens is 124 g/mol. The highest BCUT2D eigenvalue weighted by molar-refractivity contribution is 7.77. The lowest BCUT2D eigenvalue weighted by Gasteiger charge is -1.80. The first-order valence-corrected chi connectivity index (χ1v) is 3.33. The molecule has 0 fully saturated rings. The fraction of sp³-hybridized carbons (Fsp3) is 0.200. The molecule has 0 amide bonds. The summed E-state index contributed by atoms with van der Waals surface area (Å²) in [6.45, 7) is 4.96. The second-order valence-corrected chi connectivity index (χ2v) is 2.21. The smallest absolute Gasteiger partial charge is 0.167 e. The Hall–Kier alpha value is -0.570. The molecule has 0 aliphatic heterocycles. The molecule has 0 aliphatic rings. The van der Waals surface area contributed by atoms with E-state index in [4.69, 9.17) is 0 Å². The minimum Gasteiger partial charge on any atom is -0.227 e. The molecule has 46 valence electrons. The maximum atomic E-state index is 10.1. The van der Waals surface area contributed by atoms with Gasteiger partial charge in [0.05, 0.1) is 4.91 Å². The van der Waals surface area contributed by atoms with Crippen molar-refractivity contribution in [1.29, 1.82) is 0 Å². The van der Waals surface area contributed by atoms with Gasteiger partial charge in [-0.25, -0.2) is 8.42 Å². The number of thiol groups is 1. The van der Waals surface area contributed by atoms with Crippen molar-refractivity contribution < 1.29 is 8.42 Å². The minimum atomic E-state index is -2.42. The Kier molecular flexibility index (Phi) is 3.19. The largest absolute Gasteiger partial charge is 0.227 e. The van der Waals surface area contributed by atoms with Crippen molar-refractivity contribution in [2.45, 2.75) is 6.92 Å². The second kappa shape index (κ2) is 3.43. The minimum absolute atomic E-state index is 0.278. The maximum Gasteiger partial charge on any atom is 0.167 e. The summed E-state index contributed by atoms with van der Waals surface area (Å²) in [6, 6.07) is 0. The van der Waals surface area contributed by atoms with Crippen LogP contribution in [0.3, 0.4) is 0 Å². The highest BCUT2D eigenvalue weighted by Gasteiger charge is 1.86. The van der Waals surface area contributed by atoms with Gasteiger partial charge < -0.3 is 0 Å². The average Bonchev–Trinajstić information content (AvgIpc) is 1.69. The van der Waals surface area contributed by atoms with Gasteiger partial charge in [0.25, 0.3) is 0 Å². The molecule has 0 aromatic carbocycles.